The second-order valence-electron chi connectivity index (χ2n) is 3.89. The molecule has 0 aliphatic carbocycles. The highest BCUT2D eigenvalue weighted by atomic mass is 16.6. The SMILES string of the molecule is CONC(=O)c1ccccc1CC(C)C. The molecule has 1 N–H and O–H groups in total. The van der Waals surface area contributed by atoms with Crippen molar-refractivity contribution >= 4 is 5.91 Å². The van der Waals surface area contributed by atoms with Gasteiger partial charge in [-0.15, -0.1) is 0 Å². The van der Waals surface area contributed by atoms with Crippen molar-refractivity contribution in [2.24, 2.45) is 5.92 Å². The van der Waals surface area contributed by atoms with Crippen molar-refractivity contribution in [2.75, 3.05) is 7.11 Å². The van der Waals surface area contributed by atoms with Crippen LogP contribution in [0.15, 0.2) is 24.3 Å². The fourth-order valence-corrected chi connectivity index (χ4v) is 1.51. The van der Waals surface area contributed by atoms with E-state index in [0.29, 0.717) is 11.5 Å². The average Bonchev–Trinajstić information content (AvgIpc) is 2.18. The third-order valence-corrected chi connectivity index (χ3v) is 2.08. The third-order valence-electron chi connectivity index (χ3n) is 2.08. The summed E-state index contributed by atoms with van der Waals surface area (Å²) >= 11 is 0. The lowest BCUT2D eigenvalue weighted by Gasteiger charge is -2.10. The third kappa shape index (κ3) is 3.36. The van der Waals surface area contributed by atoms with Crippen molar-refractivity contribution in [3.05, 3.63) is 35.4 Å². The van der Waals surface area contributed by atoms with Gasteiger partial charge < -0.3 is 0 Å². The molecular weight excluding hydrogens is 190 g/mol. The van der Waals surface area contributed by atoms with Gasteiger partial charge in [0, 0.05) is 5.56 Å². The van der Waals surface area contributed by atoms with Crippen molar-refractivity contribution in [1.29, 1.82) is 0 Å². The lowest BCUT2D eigenvalue weighted by atomic mass is 9.98. The van der Waals surface area contributed by atoms with Crippen LogP contribution in [0.5, 0.6) is 0 Å². The minimum absolute atomic E-state index is 0.186. The van der Waals surface area contributed by atoms with Gasteiger partial charge in [-0.3, -0.25) is 9.63 Å². The number of hydrogen-bond acceptors (Lipinski definition) is 2. The summed E-state index contributed by atoms with van der Waals surface area (Å²) in [4.78, 5) is 16.2. The first-order valence-corrected chi connectivity index (χ1v) is 5.06. The molecule has 3 heteroatoms. The normalized spacial score (nSPS) is 10.4. The number of hydroxylamine groups is 1. The Hall–Kier alpha value is -1.35. The van der Waals surface area contributed by atoms with Crippen molar-refractivity contribution in [3.63, 3.8) is 0 Å². The molecule has 1 aromatic rings. The summed E-state index contributed by atoms with van der Waals surface area (Å²) < 4.78 is 0. The molecule has 0 saturated heterocycles. The van der Waals surface area contributed by atoms with E-state index in [2.05, 4.69) is 24.2 Å². The second-order valence-corrected chi connectivity index (χ2v) is 3.89. The van der Waals surface area contributed by atoms with Crippen LogP contribution >= 0.6 is 0 Å². The van der Waals surface area contributed by atoms with Gasteiger partial charge in [0.05, 0.1) is 7.11 Å². The lowest BCUT2D eigenvalue weighted by molar-refractivity contribution is 0.0536. The van der Waals surface area contributed by atoms with E-state index in [-0.39, 0.29) is 5.91 Å². The molecule has 15 heavy (non-hydrogen) atoms. The van der Waals surface area contributed by atoms with E-state index in [1.165, 1.54) is 7.11 Å². The van der Waals surface area contributed by atoms with E-state index in [0.717, 1.165) is 12.0 Å². The fraction of sp³-hybridized carbons (Fsp3) is 0.417. The van der Waals surface area contributed by atoms with Crippen LogP contribution in [0.3, 0.4) is 0 Å². The summed E-state index contributed by atoms with van der Waals surface area (Å²) in [7, 11) is 1.43. The maximum Gasteiger partial charge on any atom is 0.275 e. The summed E-state index contributed by atoms with van der Waals surface area (Å²) in [5.74, 6) is 0.343. The molecule has 0 aliphatic heterocycles. The van der Waals surface area contributed by atoms with Gasteiger partial charge in [0.15, 0.2) is 0 Å². The maximum absolute atomic E-state index is 11.6. The molecule has 1 amide bonds. The van der Waals surface area contributed by atoms with Gasteiger partial charge in [-0.2, -0.15) is 0 Å². The van der Waals surface area contributed by atoms with Crippen LogP contribution in [-0.4, -0.2) is 13.0 Å². The molecule has 0 fully saturated rings. The number of rotatable bonds is 4. The number of benzene rings is 1. The standard InChI is InChI=1S/C12H17NO2/c1-9(2)8-10-6-4-5-7-11(10)12(14)13-15-3/h4-7,9H,8H2,1-3H3,(H,13,14). The van der Waals surface area contributed by atoms with Crippen molar-refractivity contribution in [2.45, 2.75) is 20.3 Å². The zero-order chi connectivity index (χ0) is 11.3. The van der Waals surface area contributed by atoms with E-state index in [9.17, 15) is 4.79 Å². The average molecular weight is 207 g/mol. The Labute approximate surface area is 90.4 Å². The van der Waals surface area contributed by atoms with Crippen LogP contribution < -0.4 is 5.48 Å². The van der Waals surface area contributed by atoms with Gasteiger partial charge in [0.1, 0.15) is 0 Å². The number of nitrogens with one attached hydrogen (secondary N) is 1. The zero-order valence-corrected chi connectivity index (χ0v) is 9.41. The number of amides is 1. The predicted molar refractivity (Wildman–Crippen MR) is 59.5 cm³/mol. The minimum Gasteiger partial charge on any atom is -0.277 e. The molecule has 0 radical (unpaired) electrons. The highest BCUT2D eigenvalue weighted by Gasteiger charge is 2.10. The molecule has 0 spiro atoms. The fourth-order valence-electron chi connectivity index (χ4n) is 1.51. The molecule has 0 saturated carbocycles. The van der Waals surface area contributed by atoms with Gasteiger partial charge in [0.2, 0.25) is 0 Å². The first-order valence-electron chi connectivity index (χ1n) is 5.06. The number of hydrogen-bond donors (Lipinski definition) is 1. The Balaban J connectivity index is 2.90. The van der Waals surface area contributed by atoms with Crippen molar-refractivity contribution < 1.29 is 9.63 Å². The minimum atomic E-state index is -0.186. The molecule has 1 aromatic carbocycles. The van der Waals surface area contributed by atoms with E-state index < -0.39 is 0 Å². The summed E-state index contributed by atoms with van der Waals surface area (Å²) in [6.45, 7) is 4.26. The molecule has 0 aromatic heterocycles. The Morgan fingerprint density at radius 3 is 2.67 bits per heavy atom. The molecule has 0 bridgehead atoms. The number of carbonyl (C=O) groups is 1. The van der Waals surface area contributed by atoms with E-state index in [1.807, 2.05) is 24.3 Å². The Morgan fingerprint density at radius 2 is 2.07 bits per heavy atom. The molecule has 0 heterocycles. The van der Waals surface area contributed by atoms with Gasteiger partial charge in [-0.05, 0) is 24.0 Å². The van der Waals surface area contributed by atoms with Gasteiger partial charge in [-0.1, -0.05) is 32.0 Å². The van der Waals surface area contributed by atoms with Crippen LogP contribution in [0.25, 0.3) is 0 Å². The first-order chi connectivity index (χ1) is 7.15. The second kappa shape index (κ2) is 5.51. The monoisotopic (exact) mass is 207 g/mol. The lowest BCUT2D eigenvalue weighted by Crippen LogP contribution is -2.23. The molecule has 0 aliphatic rings. The summed E-state index contributed by atoms with van der Waals surface area (Å²) in [5, 5.41) is 0. The zero-order valence-electron chi connectivity index (χ0n) is 9.41. The maximum atomic E-state index is 11.6. The van der Waals surface area contributed by atoms with E-state index in [4.69, 9.17) is 0 Å². The van der Waals surface area contributed by atoms with Crippen LogP contribution in [0.1, 0.15) is 29.8 Å². The van der Waals surface area contributed by atoms with Crippen molar-refractivity contribution in [3.8, 4) is 0 Å². The van der Waals surface area contributed by atoms with Gasteiger partial charge in [-0.25, -0.2) is 5.48 Å². The van der Waals surface area contributed by atoms with Crippen LogP contribution in [0.2, 0.25) is 0 Å². The van der Waals surface area contributed by atoms with Crippen molar-refractivity contribution in [1.82, 2.24) is 5.48 Å². The molecule has 3 nitrogen and oxygen atoms in total. The predicted octanol–water partition coefficient (Wildman–Crippen LogP) is 2.18. The highest BCUT2D eigenvalue weighted by molar-refractivity contribution is 5.94. The molecule has 82 valence electrons. The van der Waals surface area contributed by atoms with Gasteiger partial charge in [0.25, 0.3) is 5.91 Å². The first kappa shape index (κ1) is 11.7. The summed E-state index contributed by atoms with van der Waals surface area (Å²) in [6, 6.07) is 7.59. The molecule has 1 rings (SSSR count). The Kier molecular flexibility index (Phi) is 4.31. The van der Waals surface area contributed by atoms with E-state index >= 15 is 0 Å². The molecule has 0 atom stereocenters. The topological polar surface area (TPSA) is 38.3 Å². The number of carbonyl (C=O) groups excluding carboxylic acids is 1. The van der Waals surface area contributed by atoms with E-state index in [1.54, 1.807) is 0 Å². The molecular formula is C12H17NO2. The Bertz CT molecular complexity index is 334. The highest BCUT2D eigenvalue weighted by Crippen LogP contribution is 2.13. The Morgan fingerprint density at radius 1 is 1.40 bits per heavy atom. The van der Waals surface area contributed by atoms with Crippen LogP contribution in [-0.2, 0) is 11.3 Å². The largest absolute Gasteiger partial charge is 0.277 e. The molecule has 0 unspecified atom stereocenters. The summed E-state index contributed by atoms with van der Waals surface area (Å²) in [5.41, 5.74) is 4.08. The van der Waals surface area contributed by atoms with Gasteiger partial charge >= 0.3 is 0 Å². The summed E-state index contributed by atoms with van der Waals surface area (Å²) in [6.07, 6.45) is 0.896. The van der Waals surface area contributed by atoms with Crippen LogP contribution in [0.4, 0.5) is 0 Å². The smallest absolute Gasteiger partial charge is 0.275 e. The quantitative estimate of drug-likeness (QED) is 0.768. The van der Waals surface area contributed by atoms with Crippen LogP contribution in [0, 0.1) is 5.92 Å².